The molecule has 2 N–H and O–H groups in total. The van der Waals surface area contributed by atoms with Gasteiger partial charge in [0.2, 0.25) is 10.0 Å². The second kappa shape index (κ2) is 10.4. The SMILES string of the molecule is CC(C)NS(=O)(=O)c1ccc(C(=O)NC(CN2CCN(C)CC2)c2ccccc2)cc1. The molecule has 1 heterocycles. The van der Waals surface area contributed by atoms with Crippen molar-refractivity contribution in [2.24, 2.45) is 0 Å². The minimum atomic E-state index is -3.58. The van der Waals surface area contributed by atoms with Gasteiger partial charge < -0.3 is 10.2 Å². The van der Waals surface area contributed by atoms with E-state index in [0.29, 0.717) is 5.56 Å². The van der Waals surface area contributed by atoms with Gasteiger partial charge in [0.25, 0.3) is 5.91 Å². The summed E-state index contributed by atoms with van der Waals surface area (Å²) in [6.07, 6.45) is 0. The van der Waals surface area contributed by atoms with Crippen LogP contribution in [0.2, 0.25) is 0 Å². The molecule has 8 heteroatoms. The summed E-state index contributed by atoms with van der Waals surface area (Å²) in [6.45, 7) is 8.21. The third-order valence-corrected chi connectivity index (χ3v) is 7.04. The Hall–Kier alpha value is -2.26. The van der Waals surface area contributed by atoms with Crippen LogP contribution in [0.3, 0.4) is 0 Å². The molecule has 0 spiro atoms. The Morgan fingerprint density at radius 3 is 2.16 bits per heavy atom. The van der Waals surface area contributed by atoms with Crippen LogP contribution in [0.5, 0.6) is 0 Å². The molecule has 0 radical (unpaired) electrons. The van der Waals surface area contributed by atoms with E-state index in [1.807, 2.05) is 30.3 Å². The Bertz CT molecular complexity index is 954. The number of likely N-dealkylation sites (N-methyl/N-ethyl adjacent to an activating group) is 1. The fourth-order valence-corrected chi connectivity index (χ4v) is 4.86. The summed E-state index contributed by atoms with van der Waals surface area (Å²) in [4.78, 5) is 17.8. The normalized spacial score (nSPS) is 16.9. The number of carbonyl (C=O) groups excluding carboxylic acids is 1. The largest absolute Gasteiger partial charge is 0.344 e. The second-order valence-corrected chi connectivity index (χ2v) is 10.1. The van der Waals surface area contributed by atoms with E-state index in [9.17, 15) is 13.2 Å². The highest BCUT2D eigenvalue weighted by molar-refractivity contribution is 7.89. The maximum atomic E-state index is 13.0. The van der Waals surface area contributed by atoms with E-state index >= 15 is 0 Å². The molecule has 1 unspecified atom stereocenters. The second-order valence-electron chi connectivity index (χ2n) is 8.34. The summed E-state index contributed by atoms with van der Waals surface area (Å²) in [6, 6.07) is 15.7. The topological polar surface area (TPSA) is 81.7 Å². The third kappa shape index (κ3) is 6.61. The number of hydrogen-bond acceptors (Lipinski definition) is 5. The van der Waals surface area contributed by atoms with Gasteiger partial charge in [-0.25, -0.2) is 13.1 Å². The summed E-state index contributed by atoms with van der Waals surface area (Å²) in [5.41, 5.74) is 1.48. The van der Waals surface area contributed by atoms with Crippen LogP contribution in [0.4, 0.5) is 0 Å². The van der Waals surface area contributed by atoms with Gasteiger partial charge >= 0.3 is 0 Å². The average Bonchev–Trinajstić information content (AvgIpc) is 2.74. The number of amides is 1. The average molecular weight is 445 g/mol. The van der Waals surface area contributed by atoms with Crippen LogP contribution in [0.25, 0.3) is 0 Å². The van der Waals surface area contributed by atoms with E-state index in [2.05, 4.69) is 26.9 Å². The minimum Gasteiger partial charge on any atom is -0.344 e. The van der Waals surface area contributed by atoms with Crippen LogP contribution < -0.4 is 10.0 Å². The van der Waals surface area contributed by atoms with Crippen LogP contribution in [0.1, 0.15) is 35.8 Å². The van der Waals surface area contributed by atoms with Gasteiger partial charge in [0, 0.05) is 44.3 Å². The molecule has 168 valence electrons. The van der Waals surface area contributed by atoms with E-state index in [1.54, 1.807) is 26.0 Å². The van der Waals surface area contributed by atoms with Gasteiger partial charge in [0.05, 0.1) is 10.9 Å². The maximum absolute atomic E-state index is 13.0. The quantitative estimate of drug-likeness (QED) is 0.652. The zero-order chi connectivity index (χ0) is 22.4. The van der Waals surface area contributed by atoms with Crippen molar-refractivity contribution >= 4 is 15.9 Å². The molecule has 2 aromatic carbocycles. The number of hydrogen-bond donors (Lipinski definition) is 2. The van der Waals surface area contributed by atoms with Crippen molar-refractivity contribution < 1.29 is 13.2 Å². The van der Waals surface area contributed by atoms with Gasteiger partial charge in [-0.1, -0.05) is 30.3 Å². The molecule has 2 aromatic rings. The number of benzene rings is 2. The fraction of sp³-hybridized carbons (Fsp3) is 0.435. The van der Waals surface area contributed by atoms with Gasteiger partial charge in [0.1, 0.15) is 0 Å². The molecule has 1 aliphatic heterocycles. The number of nitrogens with zero attached hydrogens (tertiary/aromatic N) is 2. The van der Waals surface area contributed by atoms with Crippen LogP contribution in [0, 0.1) is 0 Å². The first-order valence-electron chi connectivity index (χ1n) is 10.6. The lowest BCUT2D eigenvalue weighted by Crippen LogP contribution is -2.47. The molecule has 0 aromatic heterocycles. The Labute approximate surface area is 185 Å². The molecular weight excluding hydrogens is 412 g/mol. The predicted molar refractivity (Wildman–Crippen MR) is 122 cm³/mol. The van der Waals surface area contributed by atoms with Gasteiger partial charge in [-0.2, -0.15) is 0 Å². The lowest BCUT2D eigenvalue weighted by atomic mass is 10.0. The van der Waals surface area contributed by atoms with E-state index in [4.69, 9.17) is 0 Å². The summed E-state index contributed by atoms with van der Waals surface area (Å²) >= 11 is 0. The number of piperazine rings is 1. The first-order valence-corrected chi connectivity index (χ1v) is 12.1. The molecule has 0 bridgehead atoms. The van der Waals surface area contributed by atoms with Crippen LogP contribution in [0.15, 0.2) is 59.5 Å². The lowest BCUT2D eigenvalue weighted by Gasteiger charge is -2.35. The van der Waals surface area contributed by atoms with Crippen molar-refractivity contribution in [3.8, 4) is 0 Å². The van der Waals surface area contributed by atoms with Crippen molar-refractivity contribution in [2.75, 3.05) is 39.8 Å². The van der Waals surface area contributed by atoms with Gasteiger partial charge in [-0.15, -0.1) is 0 Å². The van der Waals surface area contributed by atoms with Crippen LogP contribution in [-0.2, 0) is 10.0 Å². The Kier molecular flexibility index (Phi) is 7.83. The molecule has 1 aliphatic rings. The summed E-state index contributed by atoms with van der Waals surface area (Å²) in [5, 5.41) is 3.14. The van der Waals surface area contributed by atoms with Crippen molar-refractivity contribution in [1.82, 2.24) is 19.8 Å². The maximum Gasteiger partial charge on any atom is 0.251 e. The summed E-state index contributed by atoms with van der Waals surface area (Å²) < 4.78 is 27.2. The first kappa shape index (κ1) is 23.4. The van der Waals surface area contributed by atoms with E-state index in [-0.39, 0.29) is 22.9 Å². The molecule has 31 heavy (non-hydrogen) atoms. The van der Waals surface area contributed by atoms with Gasteiger partial charge in [-0.05, 0) is 50.7 Å². The van der Waals surface area contributed by atoms with E-state index in [0.717, 1.165) is 38.3 Å². The van der Waals surface area contributed by atoms with E-state index in [1.165, 1.54) is 12.1 Å². The monoisotopic (exact) mass is 444 g/mol. The molecule has 1 atom stereocenters. The van der Waals surface area contributed by atoms with Crippen molar-refractivity contribution in [3.63, 3.8) is 0 Å². The zero-order valence-corrected chi connectivity index (χ0v) is 19.2. The van der Waals surface area contributed by atoms with Crippen LogP contribution in [-0.4, -0.2) is 69.9 Å². The Morgan fingerprint density at radius 2 is 1.58 bits per heavy atom. The fourth-order valence-electron chi connectivity index (χ4n) is 3.61. The van der Waals surface area contributed by atoms with Gasteiger partial charge in [0.15, 0.2) is 0 Å². The van der Waals surface area contributed by atoms with Gasteiger partial charge in [-0.3, -0.25) is 9.69 Å². The Morgan fingerprint density at radius 1 is 0.968 bits per heavy atom. The molecule has 3 rings (SSSR count). The van der Waals surface area contributed by atoms with Crippen LogP contribution >= 0.6 is 0 Å². The summed E-state index contributed by atoms with van der Waals surface area (Å²) in [7, 11) is -1.46. The zero-order valence-electron chi connectivity index (χ0n) is 18.4. The molecule has 0 saturated carbocycles. The molecule has 1 fully saturated rings. The first-order chi connectivity index (χ1) is 14.7. The predicted octanol–water partition coefficient (Wildman–Crippen LogP) is 2.09. The minimum absolute atomic E-state index is 0.148. The highest BCUT2D eigenvalue weighted by atomic mass is 32.2. The lowest BCUT2D eigenvalue weighted by molar-refractivity contribution is 0.0907. The molecular formula is C23H32N4O3S. The van der Waals surface area contributed by atoms with Crippen molar-refractivity contribution in [3.05, 3.63) is 65.7 Å². The van der Waals surface area contributed by atoms with E-state index < -0.39 is 10.0 Å². The highest BCUT2D eigenvalue weighted by Gasteiger charge is 2.22. The molecule has 7 nitrogen and oxygen atoms in total. The molecule has 1 amide bonds. The smallest absolute Gasteiger partial charge is 0.251 e. The van der Waals surface area contributed by atoms with Crippen molar-refractivity contribution in [1.29, 1.82) is 0 Å². The molecule has 0 aliphatic carbocycles. The third-order valence-electron chi connectivity index (χ3n) is 5.36. The number of carbonyl (C=O) groups is 1. The number of rotatable bonds is 8. The molecule has 1 saturated heterocycles. The van der Waals surface area contributed by atoms with Crippen molar-refractivity contribution in [2.45, 2.75) is 30.8 Å². The summed E-state index contributed by atoms with van der Waals surface area (Å²) in [5.74, 6) is -0.219. The Balaban J connectivity index is 1.72. The highest BCUT2D eigenvalue weighted by Crippen LogP contribution is 2.17. The standard InChI is InChI=1S/C23H32N4O3S/c1-18(2)25-31(29,30)21-11-9-20(10-12-21)23(28)24-22(19-7-5-4-6-8-19)17-27-15-13-26(3)14-16-27/h4-12,18,22,25H,13-17H2,1-3H3,(H,24,28). The number of nitrogens with one attached hydrogen (secondary N) is 2. The number of sulfonamides is 1.